The van der Waals surface area contributed by atoms with Gasteiger partial charge in [-0.2, -0.15) is 0 Å². The zero-order chi connectivity index (χ0) is 11.3. The molecule has 2 nitrogen and oxygen atoms in total. The van der Waals surface area contributed by atoms with Gasteiger partial charge in [0.25, 0.3) is 0 Å². The molecule has 0 saturated heterocycles. The van der Waals surface area contributed by atoms with Crippen LogP contribution in [0.5, 0.6) is 0 Å². The fourth-order valence-corrected chi connectivity index (χ4v) is 2.77. The number of fused-ring (bicyclic) bond motifs is 3. The van der Waals surface area contributed by atoms with E-state index in [2.05, 4.69) is 5.32 Å². The molecule has 1 N–H and O–H groups in total. The van der Waals surface area contributed by atoms with Gasteiger partial charge < -0.3 is 9.88 Å². The highest BCUT2D eigenvalue weighted by molar-refractivity contribution is 6.31. The van der Waals surface area contributed by atoms with Gasteiger partial charge in [0.2, 0.25) is 0 Å². The summed E-state index contributed by atoms with van der Waals surface area (Å²) in [7, 11) is 1.92. The Bertz CT molecular complexity index is 574. The summed E-state index contributed by atoms with van der Waals surface area (Å²) >= 11 is 5.91. The highest BCUT2D eigenvalue weighted by Crippen LogP contribution is 2.31. The van der Waals surface area contributed by atoms with E-state index in [1.54, 1.807) is 0 Å². The third kappa shape index (κ3) is 1.28. The Hall–Kier alpha value is -1.06. The average molecular weight is 239 g/mol. The number of rotatable bonds is 0. The van der Waals surface area contributed by atoms with Crippen molar-refractivity contribution in [3.8, 4) is 0 Å². The van der Waals surface area contributed by atoms with Crippen molar-refractivity contribution in [2.75, 3.05) is 6.54 Å². The fourth-order valence-electron chi connectivity index (χ4n) is 2.57. The smallest absolute Gasteiger partial charge is 0.148 e. The minimum Gasteiger partial charge on any atom is -0.345 e. The molecule has 0 atom stereocenters. The molecule has 1 aromatic heterocycles. The van der Waals surface area contributed by atoms with Crippen molar-refractivity contribution in [3.05, 3.63) is 34.2 Å². The lowest BCUT2D eigenvalue weighted by Gasteiger charge is -2.14. The van der Waals surface area contributed by atoms with E-state index in [0.29, 0.717) is 10.5 Å². The molecule has 0 fully saturated rings. The Labute approximate surface area is 98.0 Å². The molecule has 0 unspecified atom stereocenters. The predicted octanol–water partition coefficient (Wildman–Crippen LogP) is 2.62. The van der Waals surface area contributed by atoms with Crippen LogP contribution in [0, 0.1) is 5.82 Å². The first-order valence-corrected chi connectivity index (χ1v) is 5.72. The van der Waals surface area contributed by atoms with Crippen LogP contribution in [0.25, 0.3) is 10.9 Å². The molecule has 84 valence electrons. The number of aryl methyl sites for hydroxylation is 1. The Morgan fingerprint density at radius 2 is 2.25 bits per heavy atom. The van der Waals surface area contributed by atoms with Gasteiger partial charge in [0.15, 0.2) is 0 Å². The summed E-state index contributed by atoms with van der Waals surface area (Å²) in [5.74, 6) is -0.237. The van der Waals surface area contributed by atoms with Gasteiger partial charge in [-0.25, -0.2) is 4.39 Å². The van der Waals surface area contributed by atoms with E-state index in [1.807, 2.05) is 17.7 Å². The van der Waals surface area contributed by atoms with Crippen LogP contribution in [0.4, 0.5) is 4.39 Å². The van der Waals surface area contributed by atoms with Crippen LogP contribution in [0.15, 0.2) is 12.1 Å². The maximum Gasteiger partial charge on any atom is 0.148 e. The third-order valence-corrected chi connectivity index (χ3v) is 3.50. The number of aromatic nitrogens is 1. The molecule has 0 spiro atoms. The molecule has 0 bridgehead atoms. The molecule has 2 aromatic rings. The maximum absolute atomic E-state index is 13.9. The second-order valence-electron chi connectivity index (χ2n) is 4.19. The lowest BCUT2D eigenvalue weighted by molar-refractivity contribution is 0.612. The Morgan fingerprint density at radius 3 is 3.06 bits per heavy atom. The van der Waals surface area contributed by atoms with Crippen molar-refractivity contribution < 1.29 is 4.39 Å². The van der Waals surface area contributed by atoms with Crippen LogP contribution < -0.4 is 5.32 Å². The number of hydrogen-bond donors (Lipinski definition) is 1. The van der Waals surface area contributed by atoms with Crippen molar-refractivity contribution >= 4 is 22.5 Å². The van der Waals surface area contributed by atoms with E-state index in [9.17, 15) is 4.39 Å². The molecular weight excluding hydrogens is 227 g/mol. The molecule has 0 amide bonds. The summed E-state index contributed by atoms with van der Waals surface area (Å²) in [6.45, 7) is 1.75. The van der Waals surface area contributed by atoms with E-state index < -0.39 is 0 Å². The third-order valence-electron chi connectivity index (χ3n) is 3.28. The second-order valence-corrected chi connectivity index (χ2v) is 4.63. The number of nitrogens with zero attached hydrogens (tertiary/aromatic N) is 1. The lowest BCUT2D eigenvalue weighted by atomic mass is 10.1. The van der Waals surface area contributed by atoms with Crippen LogP contribution >= 0.6 is 11.6 Å². The van der Waals surface area contributed by atoms with Gasteiger partial charge in [-0.3, -0.25) is 0 Å². The van der Waals surface area contributed by atoms with Crippen molar-refractivity contribution in [1.29, 1.82) is 0 Å². The Balaban J connectivity index is 2.44. The number of hydrogen-bond acceptors (Lipinski definition) is 1. The fraction of sp³-hybridized carbons (Fsp3) is 0.333. The summed E-state index contributed by atoms with van der Waals surface area (Å²) in [6, 6.07) is 3.23. The Kier molecular flexibility index (Phi) is 2.19. The topological polar surface area (TPSA) is 17.0 Å². The Morgan fingerprint density at radius 1 is 1.44 bits per heavy atom. The summed E-state index contributed by atoms with van der Waals surface area (Å²) < 4.78 is 15.8. The van der Waals surface area contributed by atoms with Gasteiger partial charge in [0.05, 0.1) is 5.52 Å². The lowest BCUT2D eigenvalue weighted by Crippen LogP contribution is -2.24. The molecule has 1 aliphatic rings. The van der Waals surface area contributed by atoms with Crippen LogP contribution in [-0.2, 0) is 20.0 Å². The van der Waals surface area contributed by atoms with Gasteiger partial charge in [-0.05, 0) is 17.7 Å². The van der Waals surface area contributed by atoms with Crippen LogP contribution in [-0.4, -0.2) is 11.1 Å². The molecule has 2 heterocycles. The summed E-state index contributed by atoms with van der Waals surface area (Å²) in [6.07, 6.45) is 0.942. The zero-order valence-electron chi connectivity index (χ0n) is 8.98. The van der Waals surface area contributed by atoms with Gasteiger partial charge >= 0.3 is 0 Å². The van der Waals surface area contributed by atoms with Crippen molar-refractivity contribution in [2.24, 2.45) is 7.05 Å². The van der Waals surface area contributed by atoms with E-state index >= 15 is 0 Å². The van der Waals surface area contributed by atoms with Gasteiger partial charge in [-0.1, -0.05) is 11.6 Å². The normalized spacial score (nSPS) is 15.4. The molecular formula is C12H12ClFN2. The molecule has 0 saturated carbocycles. The predicted molar refractivity (Wildman–Crippen MR) is 63.3 cm³/mol. The highest BCUT2D eigenvalue weighted by Gasteiger charge is 2.20. The molecule has 1 aliphatic heterocycles. The second kappa shape index (κ2) is 3.47. The largest absolute Gasteiger partial charge is 0.345 e. The summed E-state index contributed by atoms with van der Waals surface area (Å²) in [5, 5.41) is 4.71. The first-order valence-electron chi connectivity index (χ1n) is 5.34. The molecule has 0 aliphatic carbocycles. The highest BCUT2D eigenvalue weighted by atomic mass is 35.5. The van der Waals surface area contributed by atoms with Crippen molar-refractivity contribution in [1.82, 2.24) is 9.88 Å². The van der Waals surface area contributed by atoms with Crippen LogP contribution in [0.3, 0.4) is 0 Å². The summed E-state index contributed by atoms with van der Waals surface area (Å²) in [5.41, 5.74) is 3.07. The van der Waals surface area contributed by atoms with E-state index in [0.717, 1.165) is 24.9 Å². The van der Waals surface area contributed by atoms with Crippen molar-refractivity contribution in [2.45, 2.75) is 13.0 Å². The van der Waals surface area contributed by atoms with Gasteiger partial charge in [-0.15, -0.1) is 0 Å². The SMILES string of the molecule is Cn1c2c(c3cc(Cl)cc(F)c31)CNCC2. The molecule has 4 heteroatoms. The zero-order valence-corrected chi connectivity index (χ0v) is 9.74. The maximum atomic E-state index is 13.9. The van der Waals surface area contributed by atoms with Gasteiger partial charge in [0.1, 0.15) is 5.82 Å². The molecule has 0 radical (unpaired) electrons. The van der Waals surface area contributed by atoms with E-state index in [1.165, 1.54) is 17.3 Å². The first kappa shape index (κ1) is 10.1. The molecule has 1 aromatic carbocycles. The number of halogens is 2. The monoisotopic (exact) mass is 238 g/mol. The van der Waals surface area contributed by atoms with Crippen LogP contribution in [0.1, 0.15) is 11.3 Å². The quantitative estimate of drug-likeness (QED) is 0.747. The number of benzene rings is 1. The minimum absolute atomic E-state index is 0.237. The van der Waals surface area contributed by atoms with Gasteiger partial charge in [0, 0.05) is 42.7 Å². The van der Waals surface area contributed by atoms with E-state index in [-0.39, 0.29) is 5.82 Å². The number of nitrogens with one attached hydrogen (secondary N) is 1. The first-order chi connectivity index (χ1) is 7.68. The molecule has 16 heavy (non-hydrogen) atoms. The van der Waals surface area contributed by atoms with Crippen molar-refractivity contribution in [3.63, 3.8) is 0 Å². The van der Waals surface area contributed by atoms with E-state index in [4.69, 9.17) is 11.6 Å². The standard InChI is InChI=1S/C12H12ClFN2/c1-16-11-2-3-15-6-9(11)8-4-7(13)5-10(14)12(8)16/h4-5,15H,2-3,6H2,1H3. The molecule has 3 rings (SSSR count). The summed E-state index contributed by atoms with van der Waals surface area (Å²) in [4.78, 5) is 0. The minimum atomic E-state index is -0.237. The van der Waals surface area contributed by atoms with Crippen LogP contribution in [0.2, 0.25) is 5.02 Å². The average Bonchev–Trinajstić information content (AvgIpc) is 2.54.